The molecule has 0 spiro atoms. The first-order valence-corrected chi connectivity index (χ1v) is 6.57. The summed E-state index contributed by atoms with van der Waals surface area (Å²) in [7, 11) is 1.62. The van der Waals surface area contributed by atoms with Gasteiger partial charge in [-0.15, -0.1) is 0 Å². The standard InChI is InChI=1S/C14H18ClN3O/c1-10(2)18(8-11-7-16-9-17-11)12-4-5-13(15)14(6-12)19-3/h4-7,9-10H,8H2,1-3H3,(H,16,17). The zero-order valence-electron chi connectivity index (χ0n) is 11.4. The highest BCUT2D eigenvalue weighted by Crippen LogP contribution is 2.30. The fraction of sp³-hybridized carbons (Fsp3) is 0.357. The molecule has 1 N–H and O–H groups in total. The van der Waals surface area contributed by atoms with Crippen LogP contribution in [0.1, 0.15) is 19.5 Å². The summed E-state index contributed by atoms with van der Waals surface area (Å²) in [6.45, 7) is 5.07. The lowest BCUT2D eigenvalue weighted by Crippen LogP contribution is -2.30. The summed E-state index contributed by atoms with van der Waals surface area (Å²) in [6.07, 6.45) is 3.53. The number of nitrogens with one attached hydrogen (secondary N) is 1. The van der Waals surface area contributed by atoms with Crippen LogP contribution in [0.15, 0.2) is 30.7 Å². The summed E-state index contributed by atoms with van der Waals surface area (Å²) in [5.74, 6) is 0.689. The van der Waals surface area contributed by atoms with Gasteiger partial charge in [-0.2, -0.15) is 0 Å². The van der Waals surface area contributed by atoms with Crippen molar-refractivity contribution >= 4 is 17.3 Å². The monoisotopic (exact) mass is 279 g/mol. The maximum atomic E-state index is 6.06. The molecule has 0 aliphatic rings. The Morgan fingerprint density at radius 3 is 2.79 bits per heavy atom. The van der Waals surface area contributed by atoms with Crippen LogP contribution in [0.2, 0.25) is 5.02 Å². The number of hydrogen-bond acceptors (Lipinski definition) is 3. The summed E-state index contributed by atoms with van der Waals surface area (Å²) < 4.78 is 5.27. The molecule has 0 unspecified atom stereocenters. The molecule has 0 fully saturated rings. The number of rotatable bonds is 5. The van der Waals surface area contributed by atoms with Crippen LogP contribution in [0.4, 0.5) is 5.69 Å². The van der Waals surface area contributed by atoms with Crippen molar-refractivity contribution in [2.75, 3.05) is 12.0 Å². The SMILES string of the molecule is COc1cc(N(Cc2cnc[nH]2)C(C)C)ccc1Cl. The van der Waals surface area contributed by atoms with Crippen LogP contribution in [0.25, 0.3) is 0 Å². The molecular weight excluding hydrogens is 262 g/mol. The predicted molar refractivity (Wildman–Crippen MR) is 77.9 cm³/mol. The average molecular weight is 280 g/mol. The molecule has 0 saturated heterocycles. The molecule has 4 nitrogen and oxygen atoms in total. The van der Waals surface area contributed by atoms with E-state index >= 15 is 0 Å². The minimum Gasteiger partial charge on any atom is -0.495 e. The lowest BCUT2D eigenvalue weighted by atomic mass is 10.2. The average Bonchev–Trinajstić information content (AvgIpc) is 2.89. The molecule has 0 bridgehead atoms. The number of benzene rings is 1. The minimum absolute atomic E-state index is 0.356. The number of H-pyrrole nitrogens is 1. The Labute approximate surface area is 118 Å². The highest BCUT2D eigenvalue weighted by atomic mass is 35.5. The van der Waals surface area contributed by atoms with E-state index in [9.17, 15) is 0 Å². The Hall–Kier alpha value is -1.68. The molecule has 19 heavy (non-hydrogen) atoms. The van der Waals surface area contributed by atoms with E-state index in [0.717, 1.165) is 17.9 Å². The lowest BCUT2D eigenvalue weighted by Gasteiger charge is -2.29. The first kappa shape index (κ1) is 13.7. The Balaban J connectivity index is 2.28. The normalized spacial score (nSPS) is 10.8. The van der Waals surface area contributed by atoms with E-state index in [-0.39, 0.29) is 0 Å². The van der Waals surface area contributed by atoms with Crippen LogP contribution in [-0.2, 0) is 6.54 Å². The van der Waals surface area contributed by atoms with Gasteiger partial charge in [0.1, 0.15) is 5.75 Å². The third-order valence-electron chi connectivity index (χ3n) is 2.99. The van der Waals surface area contributed by atoms with E-state index in [1.165, 1.54) is 0 Å². The van der Waals surface area contributed by atoms with Crippen molar-refractivity contribution in [3.63, 3.8) is 0 Å². The van der Waals surface area contributed by atoms with Gasteiger partial charge in [0.25, 0.3) is 0 Å². The number of hydrogen-bond donors (Lipinski definition) is 1. The molecule has 0 atom stereocenters. The van der Waals surface area contributed by atoms with Gasteiger partial charge in [-0.25, -0.2) is 4.98 Å². The van der Waals surface area contributed by atoms with Crippen LogP contribution in [-0.4, -0.2) is 23.1 Å². The summed E-state index contributed by atoms with van der Waals surface area (Å²) in [4.78, 5) is 9.43. The Kier molecular flexibility index (Phi) is 4.32. The molecule has 2 rings (SSSR count). The van der Waals surface area contributed by atoms with E-state index in [4.69, 9.17) is 16.3 Å². The summed E-state index contributed by atoms with van der Waals surface area (Å²) in [5, 5.41) is 0.622. The fourth-order valence-electron chi connectivity index (χ4n) is 1.95. The predicted octanol–water partition coefficient (Wildman–Crippen LogP) is 3.49. The van der Waals surface area contributed by atoms with Gasteiger partial charge in [0.05, 0.1) is 30.7 Å². The molecular formula is C14H18ClN3O. The molecule has 1 aromatic heterocycles. The molecule has 1 aromatic carbocycles. The van der Waals surface area contributed by atoms with Crippen molar-refractivity contribution in [3.8, 4) is 5.75 Å². The summed E-state index contributed by atoms with van der Waals surface area (Å²) >= 11 is 6.06. The molecule has 102 valence electrons. The third-order valence-corrected chi connectivity index (χ3v) is 3.30. The van der Waals surface area contributed by atoms with Gasteiger partial charge in [-0.3, -0.25) is 0 Å². The summed E-state index contributed by atoms with van der Waals surface area (Å²) in [6, 6.07) is 6.17. The molecule has 0 aliphatic heterocycles. The van der Waals surface area contributed by atoms with Gasteiger partial charge in [0.15, 0.2) is 0 Å². The van der Waals surface area contributed by atoms with Gasteiger partial charge in [-0.1, -0.05) is 11.6 Å². The third kappa shape index (κ3) is 3.20. The van der Waals surface area contributed by atoms with Gasteiger partial charge in [0, 0.05) is 24.0 Å². The first-order chi connectivity index (χ1) is 9.11. The molecule has 0 radical (unpaired) electrons. The van der Waals surface area contributed by atoms with E-state index < -0.39 is 0 Å². The molecule has 0 saturated carbocycles. The lowest BCUT2D eigenvalue weighted by molar-refractivity contribution is 0.415. The van der Waals surface area contributed by atoms with Crippen molar-refractivity contribution in [2.45, 2.75) is 26.4 Å². The van der Waals surface area contributed by atoms with Crippen molar-refractivity contribution in [1.82, 2.24) is 9.97 Å². The van der Waals surface area contributed by atoms with Crippen molar-refractivity contribution in [3.05, 3.63) is 41.4 Å². The molecule has 2 aromatic rings. The largest absolute Gasteiger partial charge is 0.495 e. The Bertz CT molecular complexity index is 525. The van der Waals surface area contributed by atoms with Crippen LogP contribution in [0.3, 0.4) is 0 Å². The van der Waals surface area contributed by atoms with Gasteiger partial charge < -0.3 is 14.6 Å². The van der Waals surface area contributed by atoms with E-state index in [0.29, 0.717) is 16.8 Å². The van der Waals surface area contributed by atoms with Crippen molar-refractivity contribution in [1.29, 1.82) is 0 Å². The number of methoxy groups -OCH3 is 1. The van der Waals surface area contributed by atoms with E-state index in [2.05, 4.69) is 28.7 Å². The van der Waals surface area contributed by atoms with Crippen LogP contribution < -0.4 is 9.64 Å². The first-order valence-electron chi connectivity index (χ1n) is 6.19. The van der Waals surface area contributed by atoms with Gasteiger partial charge in [0.2, 0.25) is 0 Å². The number of imidazole rings is 1. The second-order valence-corrected chi connectivity index (χ2v) is 5.02. The van der Waals surface area contributed by atoms with Crippen LogP contribution >= 0.6 is 11.6 Å². The summed E-state index contributed by atoms with van der Waals surface area (Å²) in [5.41, 5.74) is 2.15. The number of ether oxygens (including phenoxy) is 1. The number of aromatic amines is 1. The number of halogens is 1. The molecule has 1 heterocycles. The zero-order valence-corrected chi connectivity index (χ0v) is 12.1. The number of anilines is 1. The maximum absolute atomic E-state index is 6.06. The van der Waals surface area contributed by atoms with Crippen molar-refractivity contribution in [2.24, 2.45) is 0 Å². The van der Waals surface area contributed by atoms with E-state index in [1.54, 1.807) is 13.4 Å². The molecule has 0 amide bonds. The van der Waals surface area contributed by atoms with Gasteiger partial charge >= 0.3 is 0 Å². The topological polar surface area (TPSA) is 41.1 Å². The molecule has 5 heteroatoms. The second kappa shape index (κ2) is 5.97. The number of nitrogens with zero attached hydrogens (tertiary/aromatic N) is 2. The second-order valence-electron chi connectivity index (χ2n) is 4.62. The highest BCUT2D eigenvalue weighted by Gasteiger charge is 2.14. The quantitative estimate of drug-likeness (QED) is 0.911. The van der Waals surface area contributed by atoms with Crippen molar-refractivity contribution < 1.29 is 4.74 Å². The highest BCUT2D eigenvalue weighted by molar-refractivity contribution is 6.32. The van der Waals surface area contributed by atoms with E-state index in [1.807, 2.05) is 24.4 Å². The number of aromatic nitrogens is 2. The maximum Gasteiger partial charge on any atom is 0.139 e. The smallest absolute Gasteiger partial charge is 0.139 e. The Morgan fingerprint density at radius 1 is 1.42 bits per heavy atom. The zero-order chi connectivity index (χ0) is 13.8. The minimum atomic E-state index is 0.356. The fourth-order valence-corrected chi connectivity index (χ4v) is 2.15. The van der Waals surface area contributed by atoms with Crippen LogP contribution in [0.5, 0.6) is 5.75 Å². The van der Waals surface area contributed by atoms with Gasteiger partial charge in [-0.05, 0) is 26.0 Å². The Morgan fingerprint density at radius 2 is 2.21 bits per heavy atom. The molecule has 0 aliphatic carbocycles. The van der Waals surface area contributed by atoms with Crippen LogP contribution in [0, 0.1) is 0 Å².